The summed E-state index contributed by atoms with van der Waals surface area (Å²) in [4.78, 5) is 24.5. The lowest BCUT2D eigenvalue weighted by molar-refractivity contribution is -0.143. The summed E-state index contributed by atoms with van der Waals surface area (Å²) in [5.41, 5.74) is 0. The number of aliphatic hydroxyl groups is 2. The predicted molar refractivity (Wildman–Crippen MR) is 343 cm³/mol. The smallest absolute Gasteiger partial charge is 0.305 e. The zero-order valence-corrected chi connectivity index (χ0v) is 53.4. The van der Waals surface area contributed by atoms with E-state index < -0.39 is 12.1 Å². The summed E-state index contributed by atoms with van der Waals surface area (Å²) in [7, 11) is 0. The average molecular weight is 1100 g/mol. The van der Waals surface area contributed by atoms with E-state index in [4.69, 9.17) is 4.74 Å². The Bertz CT molecular complexity index is 1130. The molecule has 0 saturated carbocycles. The number of unbranched alkanes of at least 4 members (excludes halogenated alkanes) is 58. The monoisotopic (exact) mass is 1100 g/mol. The Kier molecular flexibility index (Phi) is 67.4. The van der Waals surface area contributed by atoms with Crippen molar-refractivity contribution in [1.82, 2.24) is 5.32 Å². The van der Waals surface area contributed by atoms with E-state index in [-0.39, 0.29) is 18.5 Å². The fraction of sp³-hybridized carbons (Fsp3) is 0.972. The Morgan fingerprint density at radius 3 is 0.782 bits per heavy atom. The van der Waals surface area contributed by atoms with Crippen LogP contribution in [0.25, 0.3) is 0 Å². The molecule has 0 aromatic rings. The van der Waals surface area contributed by atoms with Crippen LogP contribution < -0.4 is 5.32 Å². The molecule has 466 valence electrons. The van der Waals surface area contributed by atoms with Crippen molar-refractivity contribution in [1.29, 1.82) is 0 Å². The van der Waals surface area contributed by atoms with Crippen LogP contribution >= 0.6 is 0 Å². The zero-order valence-electron chi connectivity index (χ0n) is 53.4. The Morgan fingerprint density at radius 2 is 0.526 bits per heavy atom. The van der Waals surface area contributed by atoms with E-state index >= 15 is 0 Å². The minimum absolute atomic E-state index is 0.0225. The van der Waals surface area contributed by atoms with E-state index in [1.54, 1.807) is 0 Å². The van der Waals surface area contributed by atoms with Crippen LogP contribution in [0.15, 0.2) is 0 Å². The highest BCUT2D eigenvalue weighted by molar-refractivity contribution is 5.76. The minimum Gasteiger partial charge on any atom is -0.466 e. The average Bonchev–Trinajstić information content (AvgIpc) is 3.44. The third-order valence-electron chi connectivity index (χ3n) is 17.4. The molecule has 0 radical (unpaired) electrons. The van der Waals surface area contributed by atoms with Gasteiger partial charge in [-0.15, -0.1) is 0 Å². The molecular formula is C72H143NO5. The summed E-state index contributed by atoms with van der Waals surface area (Å²) in [5.74, 6) is -0.00306. The molecule has 0 aliphatic heterocycles. The van der Waals surface area contributed by atoms with Crippen LogP contribution in [0.5, 0.6) is 0 Å². The number of hydrogen-bond donors (Lipinski definition) is 3. The molecule has 0 fully saturated rings. The fourth-order valence-electron chi connectivity index (χ4n) is 11.9. The molecule has 0 aromatic carbocycles. The van der Waals surface area contributed by atoms with Crippen LogP contribution in [-0.2, 0) is 14.3 Å². The second kappa shape index (κ2) is 68.4. The predicted octanol–water partition coefficient (Wildman–Crippen LogP) is 23.4. The molecule has 0 heterocycles. The fourth-order valence-corrected chi connectivity index (χ4v) is 11.9. The van der Waals surface area contributed by atoms with Gasteiger partial charge in [-0.2, -0.15) is 0 Å². The third kappa shape index (κ3) is 64.0. The summed E-state index contributed by atoms with van der Waals surface area (Å²) in [5, 5.41) is 23.4. The van der Waals surface area contributed by atoms with Crippen molar-refractivity contribution in [3.63, 3.8) is 0 Å². The van der Waals surface area contributed by atoms with Crippen molar-refractivity contribution in [3.8, 4) is 0 Å². The highest BCUT2D eigenvalue weighted by Crippen LogP contribution is 2.20. The van der Waals surface area contributed by atoms with Gasteiger partial charge in [0.25, 0.3) is 0 Å². The first-order valence-corrected chi connectivity index (χ1v) is 36.3. The minimum atomic E-state index is -0.660. The van der Waals surface area contributed by atoms with Crippen molar-refractivity contribution in [2.24, 2.45) is 0 Å². The van der Waals surface area contributed by atoms with Gasteiger partial charge in [0.2, 0.25) is 5.91 Å². The molecule has 0 spiro atoms. The standard InChI is InChI=1S/C72H143NO5/c1-3-5-7-9-11-13-15-16-17-35-38-41-45-48-52-56-60-64-70(75)69(68-74)73-71(76)65-61-57-53-49-46-42-39-36-33-31-29-27-25-23-21-19-18-20-22-24-26-28-30-32-34-37-40-43-47-51-55-59-63-67-78-72(77)66-62-58-54-50-44-14-12-10-8-6-4-2/h69-70,74-75H,3-68H2,1-2H3,(H,73,76). The van der Waals surface area contributed by atoms with Crippen LogP contribution in [-0.4, -0.2) is 47.4 Å². The number of ether oxygens (including phenoxy) is 1. The van der Waals surface area contributed by atoms with Gasteiger partial charge in [0.1, 0.15) is 0 Å². The van der Waals surface area contributed by atoms with Gasteiger partial charge in [-0.05, 0) is 25.7 Å². The van der Waals surface area contributed by atoms with Crippen molar-refractivity contribution >= 4 is 11.9 Å². The maximum atomic E-state index is 12.5. The zero-order chi connectivity index (χ0) is 56.4. The summed E-state index contributed by atoms with van der Waals surface area (Å²) in [6.45, 7) is 5.00. The first kappa shape index (κ1) is 76.9. The van der Waals surface area contributed by atoms with Gasteiger partial charge in [-0.1, -0.05) is 386 Å². The molecule has 78 heavy (non-hydrogen) atoms. The van der Waals surface area contributed by atoms with Gasteiger partial charge in [0, 0.05) is 12.8 Å². The number of rotatable bonds is 69. The molecule has 0 aromatic heterocycles. The van der Waals surface area contributed by atoms with Crippen molar-refractivity contribution in [3.05, 3.63) is 0 Å². The number of nitrogens with one attached hydrogen (secondary N) is 1. The Labute approximate surface area is 489 Å². The topological polar surface area (TPSA) is 95.9 Å². The molecule has 6 heteroatoms. The molecule has 0 saturated heterocycles. The summed E-state index contributed by atoms with van der Waals surface area (Å²) in [6.07, 6.45) is 83.1. The molecule has 2 atom stereocenters. The third-order valence-corrected chi connectivity index (χ3v) is 17.4. The second-order valence-electron chi connectivity index (χ2n) is 25.3. The first-order valence-electron chi connectivity index (χ1n) is 36.3. The van der Waals surface area contributed by atoms with Gasteiger partial charge in [-0.25, -0.2) is 0 Å². The molecule has 0 rings (SSSR count). The Hall–Kier alpha value is -1.14. The van der Waals surface area contributed by atoms with Crippen molar-refractivity contribution in [2.75, 3.05) is 13.2 Å². The van der Waals surface area contributed by atoms with Gasteiger partial charge in [-0.3, -0.25) is 9.59 Å². The molecule has 6 nitrogen and oxygen atoms in total. The Morgan fingerprint density at radius 1 is 0.308 bits per heavy atom. The van der Waals surface area contributed by atoms with E-state index in [2.05, 4.69) is 19.2 Å². The largest absolute Gasteiger partial charge is 0.466 e. The number of hydrogen-bond acceptors (Lipinski definition) is 5. The van der Waals surface area contributed by atoms with Crippen molar-refractivity contribution in [2.45, 2.75) is 437 Å². The van der Waals surface area contributed by atoms with Gasteiger partial charge < -0.3 is 20.3 Å². The molecule has 0 bridgehead atoms. The summed E-state index contributed by atoms with van der Waals surface area (Å²) >= 11 is 0. The van der Waals surface area contributed by atoms with Crippen LogP contribution in [0.2, 0.25) is 0 Å². The number of carbonyl (C=O) groups is 2. The van der Waals surface area contributed by atoms with E-state index in [1.807, 2.05) is 0 Å². The molecule has 2 unspecified atom stereocenters. The SMILES string of the molecule is CCCCCCCCCCCCCCCCCCCC(O)C(CO)NC(=O)CCCCCCCCCCCCCCCCCCCCCCCCCCCCCCCCCCCOC(=O)CCCCCCCCCCCCC. The van der Waals surface area contributed by atoms with E-state index in [1.165, 1.54) is 353 Å². The summed E-state index contributed by atoms with van der Waals surface area (Å²) < 4.78 is 5.48. The maximum Gasteiger partial charge on any atom is 0.305 e. The normalized spacial score (nSPS) is 12.4. The van der Waals surface area contributed by atoms with Gasteiger partial charge >= 0.3 is 5.97 Å². The molecule has 1 amide bonds. The number of carbonyl (C=O) groups excluding carboxylic acids is 2. The quantitative estimate of drug-likeness (QED) is 0.0417. The van der Waals surface area contributed by atoms with E-state index in [0.29, 0.717) is 25.9 Å². The summed E-state index contributed by atoms with van der Waals surface area (Å²) in [6, 6.07) is -0.537. The van der Waals surface area contributed by atoms with E-state index in [0.717, 1.165) is 38.5 Å². The second-order valence-corrected chi connectivity index (χ2v) is 25.3. The number of amides is 1. The van der Waals surface area contributed by atoms with E-state index in [9.17, 15) is 19.8 Å². The lowest BCUT2D eigenvalue weighted by Crippen LogP contribution is -2.45. The van der Waals surface area contributed by atoms with Crippen molar-refractivity contribution < 1.29 is 24.5 Å². The maximum absolute atomic E-state index is 12.5. The molecule has 3 N–H and O–H groups in total. The number of aliphatic hydroxyl groups excluding tert-OH is 2. The molecule has 0 aliphatic carbocycles. The van der Waals surface area contributed by atoms with Crippen LogP contribution in [0, 0.1) is 0 Å². The van der Waals surface area contributed by atoms with Gasteiger partial charge in [0.05, 0.1) is 25.4 Å². The van der Waals surface area contributed by atoms with Crippen LogP contribution in [0.4, 0.5) is 0 Å². The molecule has 0 aliphatic rings. The first-order chi connectivity index (χ1) is 38.5. The number of esters is 1. The Balaban J connectivity index is 3.31. The highest BCUT2D eigenvalue weighted by Gasteiger charge is 2.20. The van der Waals surface area contributed by atoms with Gasteiger partial charge in [0.15, 0.2) is 0 Å². The van der Waals surface area contributed by atoms with Crippen LogP contribution in [0.1, 0.15) is 425 Å². The lowest BCUT2D eigenvalue weighted by atomic mass is 10.0. The lowest BCUT2D eigenvalue weighted by Gasteiger charge is -2.22. The molecular weight excluding hydrogens is 959 g/mol. The van der Waals surface area contributed by atoms with Crippen LogP contribution in [0.3, 0.4) is 0 Å². The highest BCUT2D eigenvalue weighted by atomic mass is 16.5.